The van der Waals surface area contributed by atoms with E-state index >= 15 is 0 Å². The molecule has 1 fully saturated rings. The highest BCUT2D eigenvalue weighted by atomic mass is 32.1. The van der Waals surface area contributed by atoms with Gasteiger partial charge in [-0.3, -0.25) is 10.1 Å². The van der Waals surface area contributed by atoms with Gasteiger partial charge in [-0.05, 0) is 31.7 Å². The molecule has 17 heavy (non-hydrogen) atoms. The second-order valence-electron chi connectivity index (χ2n) is 4.69. The van der Waals surface area contributed by atoms with Gasteiger partial charge < -0.3 is 4.90 Å². The van der Waals surface area contributed by atoms with Gasteiger partial charge in [0.2, 0.25) is 0 Å². The smallest absolute Gasteiger partial charge is 0.324 e. The van der Waals surface area contributed by atoms with Gasteiger partial charge in [-0.15, -0.1) is 0 Å². The minimum Gasteiger partial charge on any atom is -0.331 e. The van der Waals surface area contributed by atoms with E-state index in [1.54, 1.807) is 11.0 Å². The van der Waals surface area contributed by atoms with Crippen LogP contribution >= 0.6 is 11.3 Å². The molecule has 1 aromatic heterocycles. The fourth-order valence-electron chi connectivity index (χ4n) is 2.39. The Bertz CT molecular complexity index is 370. The van der Waals surface area contributed by atoms with Crippen LogP contribution < -0.4 is 4.90 Å². The first-order valence-electron chi connectivity index (χ1n) is 6.32. The Balaban J connectivity index is 1.91. The molecule has 0 amide bonds. The largest absolute Gasteiger partial charge is 0.331 e. The predicted octanol–water partition coefficient (Wildman–Crippen LogP) is 2.01. The molecule has 0 saturated carbocycles. The van der Waals surface area contributed by atoms with Gasteiger partial charge in [-0.25, -0.2) is 0 Å². The summed E-state index contributed by atoms with van der Waals surface area (Å²) in [6.07, 6.45) is 6.64. The lowest BCUT2D eigenvalue weighted by molar-refractivity contribution is -0.914. The minimum absolute atomic E-state index is 0.270. The van der Waals surface area contributed by atoms with Gasteiger partial charge in [0, 0.05) is 6.07 Å². The summed E-state index contributed by atoms with van der Waals surface area (Å²) >= 11 is 1.33. The van der Waals surface area contributed by atoms with Gasteiger partial charge in [0.1, 0.15) is 6.54 Å². The quantitative estimate of drug-likeness (QED) is 0.663. The van der Waals surface area contributed by atoms with Crippen molar-refractivity contribution in [1.82, 2.24) is 0 Å². The molecule has 1 aromatic rings. The van der Waals surface area contributed by atoms with E-state index in [0.717, 1.165) is 11.4 Å². The van der Waals surface area contributed by atoms with Gasteiger partial charge in [0.15, 0.2) is 0 Å². The summed E-state index contributed by atoms with van der Waals surface area (Å²) in [7, 11) is 0. The molecular formula is C12H19N2O2S+. The maximum Gasteiger partial charge on any atom is 0.324 e. The van der Waals surface area contributed by atoms with Crippen molar-refractivity contribution in [2.45, 2.75) is 38.6 Å². The molecule has 1 saturated heterocycles. The summed E-state index contributed by atoms with van der Waals surface area (Å²) in [6.45, 7) is 3.38. The van der Waals surface area contributed by atoms with Crippen molar-refractivity contribution in [2.75, 3.05) is 13.1 Å². The fourth-order valence-corrected chi connectivity index (χ4v) is 3.28. The summed E-state index contributed by atoms with van der Waals surface area (Å²) in [6, 6.07) is 3.54. The zero-order valence-electron chi connectivity index (χ0n) is 9.98. The highest BCUT2D eigenvalue weighted by molar-refractivity contribution is 7.15. The Hall–Kier alpha value is -0.940. The van der Waals surface area contributed by atoms with E-state index in [9.17, 15) is 10.1 Å². The van der Waals surface area contributed by atoms with Crippen LogP contribution in [0.2, 0.25) is 0 Å². The number of thiophene rings is 1. The van der Waals surface area contributed by atoms with Gasteiger partial charge in [-0.2, -0.15) is 0 Å². The molecule has 2 heterocycles. The SMILES string of the molecule is O=[N+]([O-])c1ccc(C[NH+]2CCCCCCC2)s1. The highest BCUT2D eigenvalue weighted by Crippen LogP contribution is 2.23. The Morgan fingerprint density at radius 2 is 1.82 bits per heavy atom. The number of hydrogen-bond donors (Lipinski definition) is 1. The molecule has 0 spiro atoms. The monoisotopic (exact) mass is 255 g/mol. The summed E-state index contributed by atoms with van der Waals surface area (Å²) in [4.78, 5) is 13.1. The molecule has 0 radical (unpaired) electrons. The molecule has 1 aliphatic heterocycles. The van der Waals surface area contributed by atoms with Crippen LogP contribution in [0.5, 0.6) is 0 Å². The number of nitro groups is 1. The van der Waals surface area contributed by atoms with Crippen molar-refractivity contribution in [3.05, 3.63) is 27.1 Å². The van der Waals surface area contributed by atoms with Crippen LogP contribution in [0.3, 0.4) is 0 Å². The lowest BCUT2D eigenvalue weighted by Crippen LogP contribution is -3.10. The van der Waals surface area contributed by atoms with E-state index in [1.807, 2.05) is 6.07 Å². The molecule has 0 atom stereocenters. The number of hydrogen-bond acceptors (Lipinski definition) is 3. The molecule has 0 unspecified atom stereocenters. The number of rotatable bonds is 3. The van der Waals surface area contributed by atoms with Gasteiger partial charge in [0.25, 0.3) is 0 Å². The van der Waals surface area contributed by atoms with Crippen LogP contribution in [0.4, 0.5) is 5.00 Å². The standard InChI is InChI=1S/C12H18N2O2S/c15-14(16)12-7-6-11(17-12)10-13-8-4-2-1-3-5-9-13/h6-7H,1-5,8-10H2/p+1. The van der Waals surface area contributed by atoms with Crippen molar-refractivity contribution < 1.29 is 9.82 Å². The average Bonchev–Trinajstić information content (AvgIpc) is 2.70. The van der Waals surface area contributed by atoms with Gasteiger partial charge >= 0.3 is 5.00 Å². The molecule has 1 aliphatic rings. The topological polar surface area (TPSA) is 47.6 Å². The summed E-state index contributed by atoms with van der Waals surface area (Å²) in [5.41, 5.74) is 0. The van der Waals surface area contributed by atoms with Gasteiger partial charge in [0.05, 0.1) is 22.9 Å². The van der Waals surface area contributed by atoms with E-state index in [0.29, 0.717) is 0 Å². The molecule has 4 nitrogen and oxygen atoms in total. The number of nitrogens with one attached hydrogen (secondary N) is 1. The summed E-state index contributed by atoms with van der Waals surface area (Å²) < 4.78 is 0. The van der Waals surface area contributed by atoms with E-state index in [1.165, 1.54) is 56.5 Å². The van der Waals surface area contributed by atoms with E-state index in [4.69, 9.17) is 0 Å². The molecule has 2 rings (SSSR count). The van der Waals surface area contributed by atoms with Crippen LogP contribution in [-0.2, 0) is 6.54 Å². The van der Waals surface area contributed by atoms with Crippen LogP contribution in [0.25, 0.3) is 0 Å². The molecule has 0 bridgehead atoms. The predicted molar refractivity (Wildman–Crippen MR) is 68.5 cm³/mol. The van der Waals surface area contributed by atoms with E-state index in [2.05, 4.69) is 0 Å². The summed E-state index contributed by atoms with van der Waals surface area (Å²) in [5, 5.41) is 10.9. The lowest BCUT2D eigenvalue weighted by Gasteiger charge is -2.20. The second kappa shape index (κ2) is 6.12. The Labute approximate surface area is 105 Å². The van der Waals surface area contributed by atoms with Crippen molar-refractivity contribution in [3.8, 4) is 0 Å². The molecule has 94 valence electrons. The average molecular weight is 255 g/mol. The molecule has 5 heteroatoms. The van der Waals surface area contributed by atoms with Gasteiger partial charge in [-0.1, -0.05) is 17.8 Å². The third-order valence-corrected chi connectivity index (χ3v) is 4.35. The molecule has 0 aliphatic carbocycles. The normalized spacial score (nSPS) is 18.6. The number of likely N-dealkylation sites (tertiary alicyclic amines) is 1. The van der Waals surface area contributed by atoms with Crippen LogP contribution in [0, 0.1) is 10.1 Å². The third-order valence-electron chi connectivity index (χ3n) is 3.31. The number of quaternary nitrogens is 1. The van der Waals surface area contributed by atoms with Crippen molar-refractivity contribution in [1.29, 1.82) is 0 Å². The van der Waals surface area contributed by atoms with Crippen LogP contribution in [-0.4, -0.2) is 18.0 Å². The maximum absolute atomic E-state index is 10.6. The van der Waals surface area contributed by atoms with E-state index in [-0.39, 0.29) is 9.92 Å². The lowest BCUT2D eigenvalue weighted by atomic mass is 10.1. The summed E-state index contributed by atoms with van der Waals surface area (Å²) in [5.74, 6) is 0. The van der Waals surface area contributed by atoms with Crippen LogP contribution in [0.1, 0.15) is 37.0 Å². The first-order valence-corrected chi connectivity index (χ1v) is 7.14. The molecule has 1 N–H and O–H groups in total. The first-order chi connectivity index (χ1) is 8.25. The van der Waals surface area contributed by atoms with Crippen molar-refractivity contribution >= 4 is 16.3 Å². The highest BCUT2D eigenvalue weighted by Gasteiger charge is 2.16. The Kier molecular flexibility index (Phi) is 4.50. The van der Waals surface area contributed by atoms with Crippen LogP contribution in [0.15, 0.2) is 12.1 Å². The fraction of sp³-hybridized carbons (Fsp3) is 0.667. The Morgan fingerprint density at radius 3 is 2.41 bits per heavy atom. The van der Waals surface area contributed by atoms with E-state index < -0.39 is 0 Å². The number of nitrogens with zero attached hydrogens (tertiary/aromatic N) is 1. The zero-order valence-corrected chi connectivity index (χ0v) is 10.8. The first kappa shape index (κ1) is 12.5. The molecule has 0 aromatic carbocycles. The third kappa shape index (κ3) is 3.78. The zero-order chi connectivity index (χ0) is 12.1. The minimum atomic E-state index is -0.295. The second-order valence-corrected chi connectivity index (χ2v) is 5.84. The molecular weight excluding hydrogens is 236 g/mol. The Morgan fingerprint density at radius 1 is 1.18 bits per heavy atom. The maximum atomic E-state index is 10.6. The van der Waals surface area contributed by atoms with Crippen molar-refractivity contribution in [3.63, 3.8) is 0 Å². The van der Waals surface area contributed by atoms with Crippen molar-refractivity contribution in [2.24, 2.45) is 0 Å².